The number of nitrogens with zero attached hydrogens (tertiary/aromatic N) is 3. The molecule has 4 rings (SSSR count). The number of carbonyl (C=O) groups excluding carboxylic acids is 2. The average molecular weight is 375 g/mol. The highest BCUT2D eigenvalue weighted by Crippen LogP contribution is 2.25. The van der Waals surface area contributed by atoms with Crippen LogP contribution in [-0.2, 0) is 6.42 Å². The summed E-state index contributed by atoms with van der Waals surface area (Å²) in [5, 5.41) is 0. The highest BCUT2D eigenvalue weighted by Gasteiger charge is 2.36. The van der Waals surface area contributed by atoms with E-state index in [2.05, 4.69) is 13.8 Å². The lowest BCUT2D eigenvalue weighted by atomic mass is 10.0. The molecule has 0 bridgehead atoms. The van der Waals surface area contributed by atoms with Gasteiger partial charge in [0.05, 0.1) is 11.6 Å². The first-order valence-corrected chi connectivity index (χ1v) is 9.92. The number of carbonyl (C=O) groups is 2. The molecule has 0 saturated carbocycles. The molecule has 1 saturated heterocycles. The minimum absolute atomic E-state index is 0.0115. The standard InChI is InChI=1S/C23H25N3O2/c1-16(2)15-20-24-21(18-11-6-7-13-25(18)20)23(28)26-14-8-12-19(26)22(27)17-9-4-3-5-10-17/h3-7,9-11,13,16,19H,8,12,14-15H2,1-2H3. The number of fused-ring (bicyclic) bond motifs is 1. The van der Waals surface area contributed by atoms with Crippen molar-refractivity contribution in [2.75, 3.05) is 6.54 Å². The number of likely N-dealkylation sites (tertiary alicyclic amines) is 1. The Morgan fingerprint density at radius 2 is 1.86 bits per heavy atom. The van der Waals surface area contributed by atoms with Crippen molar-refractivity contribution in [3.05, 3.63) is 71.8 Å². The maximum Gasteiger partial charge on any atom is 0.275 e. The van der Waals surface area contributed by atoms with Crippen molar-refractivity contribution in [1.29, 1.82) is 0 Å². The zero-order valence-corrected chi connectivity index (χ0v) is 16.3. The van der Waals surface area contributed by atoms with E-state index < -0.39 is 6.04 Å². The van der Waals surface area contributed by atoms with E-state index in [9.17, 15) is 9.59 Å². The molecule has 1 fully saturated rings. The molecule has 1 aromatic carbocycles. The van der Waals surface area contributed by atoms with Gasteiger partial charge in [0.2, 0.25) is 0 Å². The summed E-state index contributed by atoms with van der Waals surface area (Å²) in [5.41, 5.74) is 1.91. The van der Waals surface area contributed by atoms with Crippen LogP contribution in [0.5, 0.6) is 0 Å². The van der Waals surface area contributed by atoms with Gasteiger partial charge in [0, 0.05) is 24.7 Å². The first kappa shape index (κ1) is 18.4. The van der Waals surface area contributed by atoms with Crippen molar-refractivity contribution < 1.29 is 9.59 Å². The van der Waals surface area contributed by atoms with E-state index >= 15 is 0 Å². The van der Waals surface area contributed by atoms with Gasteiger partial charge in [-0.2, -0.15) is 0 Å². The van der Waals surface area contributed by atoms with Gasteiger partial charge < -0.3 is 9.30 Å². The number of aromatic nitrogens is 2. The second-order valence-corrected chi connectivity index (χ2v) is 7.82. The number of amides is 1. The Labute approximate surface area is 165 Å². The van der Waals surface area contributed by atoms with Crippen LogP contribution in [0.25, 0.3) is 5.52 Å². The maximum absolute atomic E-state index is 13.4. The van der Waals surface area contributed by atoms with Gasteiger partial charge in [-0.3, -0.25) is 9.59 Å². The van der Waals surface area contributed by atoms with Crippen LogP contribution in [0.2, 0.25) is 0 Å². The quantitative estimate of drug-likeness (QED) is 0.633. The average Bonchev–Trinajstić information content (AvgIpc) is 3.33. The van der Waals surface area contributed by atoms with E-state index in [1.807, 2.05) is 59.1 Å². The normalized spacial score (nSPS) is 16.8. The SMILES string of the molecule is CC(C)Cc1nc(C(=O)N2CCCC2C(=O)c2ccccc2)c2ccccn12. The number of hydrogen-bond donors (Lipinski definition) is 0. The van der Waals surface area contributed by atoms with Crippen LogP contribution in [0.15, 0.2) is 54.7 Å². The Bertz CT molecular complexity index is 1010. The molecule has 1 aliphatic heterocycles. The Hall–Kier alpha value is -2.95. The molecule has 1 unspecified atom stereocenters. The van der Waals surface area contributed by atoms with Gasteiger partial charge in [0.25, 0.3) is 5.91 Å². The van der Waals surface area contributed by atoms with Crippen molar-refractivity contribution in [3.8, 4) is 0 Å². The number of benzene rings is 1. The molecule has 1 atom stereocenters. The largest absolute Gasteiger partial charge is 0.327 e. The molecule has 3 heterocycles. The topological polar surface area (TPSA) is 54.7 Å². The first-order chi connectivity index (χ1) is 13.6. The summed E-state index contributed by atoms with van der Waals surface area (Å²) in [6.07, 6.45) is 4.28. The van der Waals surface area contributed by atoms with Crippen molar-refractivity contribution in [2.24, 2.45) is 5.92 Å². The highest BCUT2D eigenvalue weighted by atomic mass is 16.2. The third kappa shape index (κ3) is 3.33. The molecule has 5 heteroatoms. The summed E-state index contributed by atoms with van der Waals surface area (Å²) < 4.78 is 2.00. The fraction of sp³-hybridized carbons (Fsp3) is 0.348. The third-order valence-corrected chi connectivity index (χ3v) is 5.29. The summed E-state index contributed by atoms with van der Waals surface area (Å²) in [7, 11) is 0. The van der Waals surface area contributed by atoms with Gasteiger partial charge in [0.15, 0.2) is 11.5 Å². The van der Waals surface area contributed by atoms with Gasteiger partial charge >= 0.3 is 0 Å². The third-order valence-electron chi connectivity index (χ3n) is 5.29. The van der Waals surface area contributed by atoms with E-state index in [0.717, 1.165) is 24.2 Å². The predicted octanol–water partition coefficient (Wildman–Crippen LogP) is 4.02. The molecular formula is C23H25N3O2. The van der Waals surface area contributed by atoms with Crippen LogP contribution in [-0.4, -0.2) is 38.6 Å². The number of Topliss-reactive ketones (excluding diaryl/α,β-unsaturated/α-hetero) is 1. The predicted molar refractivity (Wildman–Crippen MR) is 109 cm³/mol. The van der Waals surface area contributed by atoms with Crippen LogP contribution >= 0.6 is 0 Å². The number of ketones is 1. The molecule has 144 valence electrons. The monoisotopic (exact) mass is 375 g/mol. The Morgan fingerprint density at radius 1 is 1.11 bits per heavy atom. The number of hydrogen-bond acceptors (Lipinski definition) is 3. The lowest BCUT2D eigenvalue weighted by Gasteiger charge is -2.23. The zero-order valence-electron chi connectivity index (χ0n) is 16.3. The van der Waals surface area contributed by atoms with E-state index in [1.165, 1.54) is 0 Å². The first-order valence-electron chi connectivity index (χ1n) is 9.92. The molecule has 2 aromatic heterocycles. The molecule has 0 aliphatic carbocycles. The molecule has 0 radical (unpaired) electrons. The summed E-state index contributed by atoms with van der Waals surface area (Å²) in [6.45, 7) is 4.87. The number of rotatable bonds is 5. The second kappa shape index (κ2) is 7.58. The van der Waals surface area contributed by atoms with Crippen molar-refractivity contribution >= 4 is 17.2 Å². The van der Waals surface area contributed by atoms with Gasteiger partial charge in [-0.05, 0) is 30.9 Å². The van der Waals surface area contributed by atoms with E-state index in [0.29, 0.717) is 30.1 Å². The van der Waals surface area contributed by atoms with Crippen molar-refractivity contribution in [3.63, 3.8) is 0 Å². The lowest BCUT2D eigenvalue weighted by molar-refractivity contribution is 0.0669. The molecule has 3 aromatic rings. The van der Waals surface area contributed by atoms with Crippen LogP contribution in [0.3, 0.4) is 0 Å². The molecular weight excluding hydrogens is 350 g/mol. The van der Waals surface area contributed by atoms with E-state index in [4.69, 9.17) is 4.98 Å². The molecule has 28 heavy (non-hydrogen) atoms. The van der Waals surface area contributed by atoms with Crippen LogP contribution < -0.4 is 0 Å². The van der Waals surface area contributed by atoms with Gasteiger partial charge in [0.1, 0.15) is 5.82 Å². The highest BCUT2D eigenvalue weighted by molar-refractivity contribution is 6.06. The minimum Gasteiger partial charge on any atom is -0.327 e. The van der Waals surface area contributed by atoms with Crippen LogP contribution in [0.1, 0.15) is 53.4 Å². The Balaban J connectivity index is 1.68. The van der Waals surface area contributed by atoms with Crippen molar-refractivity contribution in [2.45, 2.75) is 39.2 Å². The van der Waals surface area contributed by atoms with Crippen LogP contribution in [0.4, 0.5) is 0 Å². The van der Waals surface area contributed by atoms with E-state index in [-0.39, 0.29) is 11.7 Å². The van der Waals surface area contributed by atoms with Gasteiger partial charge in [-0.1, -0.05) is 50.2 Å². The maximum atomic E-state index is 13.4. The summed E-state index contributed by atoms with van der Waals surface area (Å²) in [5.74, 6) is 1.19. The summed E-state index contributed by atoms with van der Waals surface area (Å²) in [4.78, 5) is 32.8. The van der Waals surface area contributed by atoms with E-state index in [1.54, 1.807) is 4.90 Å². The summed E-state index contributed by atoms with van der Waals surface area (Å²) in [6, 6.07) is 14.6. The lowest BCUT2D eigenvalue weighted by Crippen LogP contribution is -2.40. The molecule has 0 spiro atoms. The zero-order chi connectivity index (χ0) is 19.7. The fourth-order valence-electron chi connectivity index (χ4n) is 3.98. The van der Waals surface area contributed by atoms with Gasteiger partial charge in [-0.15, -0.1) is 0 Å². The molecule has 1 amide bonds. The van der Waals surface area contributed by atoms with Gasteiger partial charge in [-0.25, -0.2) is 4.98 Å². The van der Waals surface area contributed by atoms with Crippen molar-refractivity contribution in [1.82, 2.24) is 14.3 Å². The number of imidazole rings is 1. The molecule has 5 nitrogen and oxygen atoms in total. The molecule has 0 N–H and O–H groups in total. The Morgan fingerprint density at radius 3 is 2.61 bits per heavy atom. The smallest absolute Gasteiger partial charge is 0.275 e. The number of pyridine rings is 1. The van der Waals surface area contributed by atoms with Crippen LogP contribution in [0, 0.1) is 5.92 Å². The minimum atomic E-state index is -0.413. The second-order valence-electron chi connectivity index (χ2n) is 7.82. The fourth-order valence-corrected chi connectivity index (χ4v) is 3.98. The molecule has 1 aliphatic rings. The summed E-state index contributed by atoms with van der Waals surface area (Å²) >= 11 is 0. The Kier molecular flexibility index (Phi) is 4.99.